The third-order valence-corrected chi connectivity index (χ3v) is 1.94. The summed E-state index contributed by atoms with van der Waals surface area (Å²) in [5.41, 5.74) is 0. The van der Waals surface area contributed by atoms with Crippen molar-refractivity contribution in [1.82, 2.24) is 10.6 Å². The van der Waals surface area contributed by atoms with E-state index in [2.05, 4.69) is 15.4 Å². The number of nitrogens with one attached hydrogen (secondary N) is 2. The van der Waals surface area contributed by atoms with Gasteiger partial charge in [0.2, 0.25) is 5.91 Å². The maximum absolute atomic E-state index is 11.0. The topological polar surface area (TPSA) is 67.4 Å². The summed E-state index contributed by atoms with van der Waals surface area (Å²) in [7, 11) is 3.12. The molecule has 0 saturated carbocycles. The molecule has 0 spiro atoms. The Morgan fingerprint density at radius 3 is 2.53 bits per heavy atom. The molecule has 0 aromatic rings. The summed E-state index contributed by atoms with van der Waals surface area (Å²) in [4.78, 5) is 21.7. The first-order valence-corrected chi connectivity index (χ1v) is 5.18. The number of carbonyl (C=O) groups is 2. The van der Waals surface area contributed by atoms with Crippen molar-refractivity contribution in [3.63, 3.8) is 0 Å². The third kappa shape index (κ3) is 9.21. The van der Waals surface area contributed by atoms with Gasteiger partial charge in [-0.2, -0.15) is 0 Å². The Morgan fingerprint density at radius 2 is 1.93 bits per heavy atom. The molecule has 0 aliphatic rings. The van der Waals surface area contributed by atoms with Crippen molar-refractivity contribution < 1.29 is 14.3 Å². The maximum atomic E-state index is 11.0. The van der Waals surface area contributed by atoms with Gasteiger partial charge in [-0.1, -0.05) is 6.42 Å². The van der Waals surface area contributed by atoms with Gasteiger partial charge in [0, 0.05) is 13.0 Å². The average Bonchev–Trinajstić information content (AvgIpc) is 2.23. The lowest BCUT2D eigenvalue weighted by Gasteiger charge is -2.04. The van der Waals surface area contributed by atoms with E-state index < -0.39 is 0 Å². The molecule has 5 nitrogen and oxygen atoms in total. The Bertz CT molecular complexity index is 195. The van der Waals surface area contributed by atoms with Crippen LogP contribution in [0.1, 0.15) is 25.7 Å². The lowest BCUT2D eigenvalue weighted by atomic mass is 10.2. The lowest BCUT2D eigenvalue weighted by Crippen LogP contribution is -2.32. The Hall–Kier alpha value is -1.10. The fourth-order valence-electron chi connectivity index (χ4n) is 1.12. The molecule has 0 aliphatic carbocycles. The summed E-state index contributed by atoms with van der Waals surface area (Å²) in [6.45, 7) is 1.02. The fourth-order valence-corrected chi connectivity index (χ4v) is 1.12. The average molecular weight is 216 g/mol. The number of ether oxygens (including phenoxy) is 1. The molecule has 88 valence electrons. The van der Waals surface area contributed by atoms with Gasteiger partial charge in [-0.25, -0.2) is 0 Å². The minimum atomic E-state index is -0.172. The van der Waals surface area contributed by atoms with Crippen LogP contribution in [0.3, 0.4) is 0 Å². The van der Waals surface area contributed by atoms with Crippen LogP contribution < -0.4 is 10.6 Å². The zero-order valence-electron chi connectivity index (χ0n) is 9.47. The van der Waals surface area contributed by atoms with Gasteiger partial charge in [0.15, 0.2) is 0 Å². The summed E-state index contributed by atoms with van der Waals surface area (Å²) in [6.07, 6.45) is 3.09. The maximum Gasteiger partial charge on any atom is 0.305 e. The number of rotatable bonds is 8. The van der Waals surface area contributed by atoms with Crippen LogP contribution in [-0.2, 0) is 14.3 Å². The molecule has 2 N–H and O–H groups in total. The highest BCUT2D eigenvalue weighted by Crippen LogP contribution is 1.99. The van der Waals surface area contributed by atoms with Gasteiger partial charge in [-0.15, -0.1) is 0 Å². The van der Waals surface area contributed by atoms with Crippen LogP contribution in [0.15, 0.2) is 0 Å². The molecular weight excluding hydrogens is 196 g/mol. The van der Waals surface area contributed by atoms with E-state index >= 15 is 0 Å². The quantitative estimate of drug-likeness (QED) is 0.444. The van der Waals surface area contributed by atoms with Gasteiger partial charge >= 0.3 is 5.97 Å². The molecule has 0 rings (SSSR count). The third-order valence-electron chi connectivity index (χ3n) is 1.94. The summed E-state index contributed by atoms with van der Waals surface area (Å²) in [5, 5.41) is 5.54. The van der Waals surface area contributed by atoms with Gasteiger partial charge in [0.05, 0.1) is 13.7 Å². The van der Waals surface area contributed by atoms with Crippen LogP contribution >= 0.6 is 0 Å². The van der Waals surface area contributed by atoms with Crippen molar-refractivity contribution in [1.29, 1.82) is 0 Å². The van der Waals surface area contributed by atoms with Crippen molar-refractivity contribution in [3.8, 4) is 0 Å². The molecule has 0 heterocycles. The molecular formula is C10H20N2O3. The molecule has 0 aromatic heterocycles. The number of carbonyl (C=O) groups excluding carboxylic acids is 2. The van der Waals surface area contributed by atoms with Gasteiger partial charge in [0.1, 0.15) is 0 Å². The predicted octanol–water partition coefficient (Wildman–Crippen LogP) is 0.0554. The first kappa shape index (κ1) is 13.9. The van der Waals surface area contributed by atoms with E-state index in [0.29, 0.717) is 19.5 Å². The van der Waals surface area contributed by atoms with Crippen LogP contribution in [0.5, 0.6) is 0 Å². The standard InChI is InChI=1S/C10H20N2O3/c1-11-8-9(13)12-7-5-3-4-6-10(14)15-2/h11H,3-8H2,1-2H3,(H,12,13). The number of methoxy groups -OCH3 is 1. The second-order valence-electron chi connectivity index (χ2n) is 3.27. The number of hydrogen-bond acceptors (Lipinski definition) is 4. The van der Waals surface area contributed by atoms with Crippen LogP contribution in [0, 0.1) is 0 Å². The molecule has 0 atom stereocenters. The minimum absolute atomic E-state index is 0.00506. The van der Waals surface area contributed by atoms with Crippen molar-refractivity contribution in [2.24, 2.45) is 0 Å². The van der Waals surface area contributed by atoms with Crippen molar-refractivity contribution >= 4 is 11.9 Å². The molecule has 0 unspecified atom stereocenters. The van der Waals surface area contributed by atoms with Crippen molar-refractivity contribution in [2.75, 3.05) is 27.2 Å². The van der Waals surface area contributed by atoms with Crippen LogP contribution in [0.2, 0.25) is 0 Å². The summed E-state index contributed by atoms with van der Waals surface area (Å²) in [6, 6.07) is 0. The number of esters is 1. The Kier molecular flexibility index (Phi) is 8.76. The zero-order chi connectivity index (χ0) is 11.5. The number of likely N-dealkylation sites (N-methyl/N-ethyl adjacent to an activating group) is 1. The summed E-state index contributed by atoms with van der Waals surface area (Å²) in [5.74, 6) is -0.167. The van der Waals surface area contributed by atoms with Gasteiger partial charge in [-0.05, 0) is 19.9 Å². The molecule has 0 aliphatic heterocycles. The van der Waals surface area contributed by atoms with Gasteiger partial charge in [0.25, 0.3) is 0 Å². The molecule has 0 bridgehead atoms. The second kappa shape index (κ2) is 9.45. The number of amides is 1. The first-order valence-electron chi connectivity index (χ1n) is 5.18. The van der Waals surface area contributed by atoms with Crippen molar-refractivity contribution in [2.45, 2.75) is 25.7 Å². The summed E-state index contributed by atoms with van der Waals surface area (Å²) >= 11 is 0. The predicted molar refractivity (Wildman–Crippen MR) is 57.4 cm³/mol. The highest BCUT2D eigenvalue weighted by atomic mass is 16.5. The normalized spacial score (nSPS) is 9.73. The zero-order valence-corrected chi connectivity index (χ0v) is 9.47. The van der Waals surface area contributed by atoms with Gasteiger partial charge in [-0.3, -0.25) is 9.59 Å². The number of unbranched alkanes of at least 4 members (excludes halogenated alkanes) is 2. The highest BCUT2D eigenvalue weighted by molar-refractivity contribution is 5.77. The van der Waals surface area contributed by atoms with Crippen LogP contribution in [-0.4, -0.2) is 39.1 Å². The van der Waals surface area contributed by atoms with E-state index in [-0.39, 0.29) is 11.9 Å². The Labute approximate surface area is 90.6 Å². The first-order chi connectivity index (χ1) is 7.20. The highest BCUT2D eigenvalue weighted by Gasteiger charge is 2.00. The van der Waals surface area contributed by atoms with Crippen molar-refractivity contribution in [3.05, 3.63) is 0 Å². The lowest BCUT2D eigenvalue weighted by molar-refractivity contribution is -0.140. The van der Waals surface area contributed by atoms with Gasteiger partial charge < -0.3 is 15.4 Å². The molecule has 1 amide bonds. The Balaban J connectivity index is 3.18. The Morgan fingerprint density at radius 1 is 1.20 bits per heavy atom. The second-order valence-corrected chi connectivity index (χ2v) is 3.27. The monoisotopic (exact) mass is 216 g/mol. The van der Waals surface area contributed by atoms with Crippen LogP contribution in [0.25, 0.3) is 0 Å². The summed E-state index contributed by atoms with van der Waals surface area (Å²) < 4.78 is 4.51. The molecule has 0 radical (unpaired) electrons. The number of hydrogen-bond donors (Lipinski definition) is 2. The molecule has 0 aromatic carbocycles. The molecule has 15 heavy (non-hydrogen) atoms. The minimum Gasteiger partial charge on any atom is -0.469 e. The van der Waals surface area contributed by atoms with E-state index in [1.54, 1.807) is 7.05 Å². The fraction of sp³-hybridized carbons (Fsp3) is 0.800. The van der Waals surface area contributed by atoms with Crippen LogP contribution in [0.4, 0.5) is 0 Å². The molecule has 0 saturated heterocycles. The van der Waals surface area contributed by atoms with E-state index in [4.69, 9.17) is 0 Å². The molecule has 5 heteroatoms. The largest absolute Gasteiger partial charge is 0.469 e. The van der Waals surface area contributed by atoms with E-state index in [0.717, 1.165) is 19.3 Å². The van der Waals surface area contributed by atoms with E-state index in [1.165, 1.54) is 7.11 Å². The molecule has 0 fully saturated rings. The van der Waals surface area contributed by atoms with E-state index in [9.17, 15) is 9.59 Å². The smallest absolute Gasteiger partial charge is 0.305 e. The SMILES string of the molecule is CNCC(=O)NCCCCCC(=O)OC. The van der Waals surface area contributed by atoms with E-state index in [1.807, 2.05) is 0 Å².